The number of methoxy groups -OCH3 is 1. The molecule has 22 heavy (non-hydrogen) atoms. The predicted molar refractivity (Wildman–Crippen MR) is 86.2 cm³/mol. The summed E-state index contributed by atoms with van der Waals surface area (Å²) >= 11 is 1.41. The van der Waals surface area contributed by atoms with Crippen LogP contribution in [-0.2, 0) is 16.0 Å². The molecule has 0 radical (unpaired) electrons. The molecule has 0 aliphatic heterocycles. The monoisotopic (exact) mass is 319 g/mol. The Kier molecular flexibility index (Phi) is 5.57. The van der Waals surface area contributed by atoms with Crippen LogP contribution >= 0.6 is 11.8 Å². The third kappa shape index (κ3) is 4.32. The van der Waals surface area contributed by atoms with E-state index < -0.39 is 11.5 Å². The van der Waals surface area contributed by atoms with Crippen LogP contribution < -0.4 is 5.73 Å². The second-order valence-electron chi connectivity index (χ2n) is 5.05. The second-order valence-corrected chi connectivity index (χ2v) is 6.10. The molecule has 2 aromatic carbocycles. The molecule has 116 valence electrons. The highest BCUT2D eigenvalue weighted by molar-refractivity contribution is 7.99. The first kappa shape index (κ1) is 16.5. The van der Waals surface area contributed by atoms with Crippen molar-refractivity contribution in [2.75, 3.05) is 12.9 Å². The van der Waals surface area contributed by atoms with Gasteiger partial charge in [0.15, 0.2) is 0 Å². The van der Waals surface area contributed by atoms with Crippen LogP contribution in [0.4, 0.5) is 4.39 Å². The molecule has 0 aromatic heterocycles. The van der Waals surface area contributed by atoms with Crippen LogP contribution in [0.25, 0.3) is 0 Å². The predicted octanol–water partition coefficient (Wildman–Crippen LogP) is 3.03. The van der Waals surface area contributed by atoms with Crippen LogP contribution in [0.5, 0.6) is 0 Å². The fraction of sp³-hybridized carbons (Fsp3) is 0.235. The lowest BCUT2D eigenvalue weighted by Crippen LogP contribution is -2.53. The summed E-state index contributed by atoms with van der Waals surface area (Å²) in [5, 5.41) is 0. The molecule has 0 saturated heterocycles. The van der Waals surface area contributed by atoms with Crippen molar-refractivity contribution in [3.8, 4) is 0 Å². The van der Waals surface area contributed by atoms with Crippen molar-refractivity contribution in [1.29, 1.82) is 0 Å². The third-order valence-electron chi connectivity index (χ3n) is 3.26. The van der Waals surface area contributed by atoms with Gasteiger partial charge in [0.1, 0.15) is 11.4 Å². The normalized spacial score (nSPS) is 13.4. The Bertz CT molecular complexity index is 618. The minimum absolute atomic E-state index is 0.291. The second kappa shape index (κ2) is 7.42. The summed E-state index contributed by atoms with van der Waals surface area (Å²) in [5.74, 6) is -0.396. The molecule has 2 aromatic rings. The Morgan fingerprint density at radius 3 is 2.41 bits per heavy atom. The lowest BCUT2D eigenvalue weighted by atomic mass is 9.94. The first-order chi connectivity index (χ1) is 10.5. The number of carbonyl (C=O) groups excluding carboxylic acids is 1. The average molecular weight is 319 g/mol. The topological polar surface area (TPSA) is 52.3 Å². The fourth-order valence-corrected chi connectivity index (χ4v) is 3.06. The Morgan fingerprint density at radius 1 is 1.18 bits per heavy atom. The highest BCUT2D eigenvalue weighted by atomic mass is 32.2. The summed E-state index contributed by atoms with van der Waals surface area (Å²) in [6.07, 6.45) is 0.384. The Balaban J connectivity index is 2.11. The molecule has 2 N–H and O–H groups in total. The number of esters is 1. The van der Waals surface area contributed by atoms with Crippen LogP contribution in [0, 0.1) is 5.82 Å². The summed E-state index contributed by atoms with van der Waals surface area (Å²) < 4.78 is 17.8. The van der Waals surface area contributed by atoms with E-state index in [9.17, 15) is 9.18 Å². The van der Waals surface area contributed by atoms with Crippen molar-refractivity contribution in [2.24, 2.45) is 5.73 Å². The molecular formula is C17H18FNO2S. The van der Waals surface area contributed by atoms with E-state index >= 15 is 0 Å². The van der Waals surface area contributed by atoms with E-state index in [1.54, 1.807) is 12.1 Å². The molecule has 0 aliphatic carbocycles. The zero-order valence-electron chi connectivity index (χ0n) is 12.3. The number of halogens is 1. The van der Waals surface area contributed by atoms with Gasteiger partial charge in [0.05, 0.1) is 7.11 Å². The van der Waals surface area contributed by atoms with Gasteiger partial charge < -0.3 is 10.5 Å². The molecule has 0 aliphatic rings. The van der Waals surface area contributed by atoms with Crippen molar-refractivity contribution in [3.05, 3.63) is 66.0 Å². The van der Waals surface area contributed by atoms with Gasteiger partial charge in [-0.1, -0.05) is 30.3 Å². The van der Waals surface area contributed by atoms with Crippen molar-refractivity contribution in [1.82, 2.24) is 0 Å². The van der Waals surface area contributed by atoms with E-state index in [0.717, 1.165) is 10.5 Å². The number of rotatable bonds is 6. The van der Waals surface area contributed by atoms with E-state index in [4.69, 9.17) is 10.5 Å². The molecule has 1 atom stereocenters. The zero-order chi connectivity index (χ0) is 16.0. The van der Waals surface area contributed by atoms with Crippen LogP contribution in [0.3, 0.4) is 0 Å². The lowest BCUT2D eigenvalue weighted by Gasteiger charge is -2.26. The molecule has 0 bridgehead atoms. The Morgan fingerprint density at radius 2 is 1.82 bits per heavy atom. The number of ether oxygens (including phenoxy) is 1. The molecule has 5 heteroatoms. The number of hydrogen-bond donors (Lipinski definition) is 1. The van der Waals surface area contributed by atoms with E-state index in [1.165, 1.54) is 31.0 Å². The Labute approximate surface area is 133 Å². The maximum atomic E-state index is 12.9. The van der Waals surface area contributed by atoms with E-state index in [0.29, 0.717) is 12.2 Å². The smallest absolute Gasteiger partial charge is 0.327 e. The van der Waals surface area contributed by atoms with Crippen LogP contribution in [0.1, 0.15) is 5.56 Å². The SMILES string of the molecule is COC(=O)C(N)(CSc1ccc(F)cc1)Cc1ccccc1. The standard InChI is InChI=1S/C17H18FNO2S/c1-21-16(20)17(19,11-13-5-3-2-4-6-13)12-22-15-9-7-14(18)8-10-15/h2-10H,11-12,19H2,1H3. The summed E-state index contributed by atoms with van der Waals surface area (Å²) in [4.78, 5) is 12.9. The van der Waals surface area contributed by atoms with Gasteiger partial charge in [-0.15, -0.1) is 11.8 Å². The molecule has 0 fully saturated rings. The highest BCUT2D eigenvalue weighted by Crippen LogP contribution is 2.25. The molecular weight excluding hydrogens is 301 g/mol. The highest BCUT2D eigenvalue weighted by Gasteiger charge is 2.35. The lowest BCUT2D eigenvalue weighted by molar-refractivity contribution is -0.146. The van der Waals surface area contributed by atoms with Gasteiger partial charge in [0.25, 0.3) is 0 Å². The minimum Gasteiger partial charge on any atom is -0.468 e. The van der Waals surface area contributed by atoms with Crippen LogP contribution in [-0.4, -0.2) is 24.4 Å². The largest absolute Gasteiger partial charge is 0.468 e. The quantitative estimate of drug-likeness (QED) is 0.657. The van der Waals surface area contributed by atoms with E-state index in [2.05, 4.69) is 0 Å². The number of carbonyl (C=O) groups is 1. The van der Waals surface area contributed by atoms with Gasteiger partial charge in [-0.2, -0.15) is 0 Å². The maximum absolute atomic E-state index is 12.9. The van der Waals surface area contributed by atoms with Crippen molar-refractivity contribution < 1.29 is 13.9 Å². The number of hydrogen-bond acceptors (Lipinski definition) is 4. The first-order valence-corrected chi connectivity index (χ1v) is 7.82. The number of benzene rings is 2. The summed E-state index contributed by atoms with van der Waals surface area (Å²) in [5.41, 5.74) is 6.13. The Hall–Kier alpha value is -1.85. The van der Waals surface area contributed by atoms with Gasteiger partial charge in [-0.05, 0) is 29.8 Å². The van der Waals surface area contributed by atoms with Gasteiger partial charge in [-0.3, -0.25) is 4.79 Å². The van der Waals surface area contributed by atoms with Crippen molar-refractivity contribution in [2.45, 2.75) is 16.9 Å². The molecule has 0 amide bonds. The molecule has 0 heterocycles. The van der Waals surface area contributed by atoms with Crippen LogP contribution in [0.15, 0.2) is 59.5 Å². The summed E-state index contributed by atoms with van der Waals surface area (Å²) in [6.45, 7) is 0. The summed E-state index contributed by atoms with van der Waals surface area (Å²) in [6, 6.07) is 15.7. The number of nitrogens with two attached hydrogens (primary N) is 1. The van der Waals surface area contributed by atoms with E-state index in [-0.39, 0.29) is 5.82 Å². The third-order valence-corrected chi connectivity index (χ3v) is 4.53. The number of thioether (sulfide) groups is 1. The zero-order valence-corrected chi connectivity index (χ0v) is 13.1. The average Bonchev–Trinajstić information content (AvgIpc) is 2.54. The van der Waals surface area contributed by atoms with Gasteiger partial charge in [0, 0.05) is 17.1 Å². The minimum atomic E-state index is -1.13. The molecule has 3 nitrogen and oxygen atoms in total. The molecule has 0 spiro atoms. The fourth-order valence-electron chi connectivity index (χ4n) is 2.09. The van der Waals surface area contributed by atoms with Gasteiger partial charge >= 0.3 is 5.97 Å². The molecule has 0 saturated carbocycles. The molecule has 2 rings (SSSR count). The summed E-state index contributed by atoms with van der Waals surface area (Å²) in [7, 11) is 1.33. The van der Waals surface area contributed by atoms with Crippen molar-refractivity contribution >= 4 is 17.7 Å². The maximum Gasteiger partial charge on any atom is 0.327 e. The molecule has 1 unspecified atom stereocenters. The van der Waals surface area contributed by atoms with Crippen molar-refractivity contribution in [3.63, 3.8) is 0 Å². The van der Waals surface area contributed by atoms with Crippen LogP contribution in [0.2, 0.25) is 0 Å². The van der Waals surface area contributed by atoms with Gasteiger partial charge in [-0.25, -0.2) is 4.39 Å². The van der Waals surface area contributed by atoms with Gasteiger partial charge in [0.2, 0.25) is 0 Å². The first-order valence-electron chi connectivity index (χ1n) is 6.83. The van der Waals surface area contributed by atoms with E-state index in [1.807, 2.05) is 30.3 Å².